The molecule has 0 atom stereocenters. The molecular weight excluding hydrogens is 303 g/mol. The predicted molar refractivity (Wildman–Crippen MR) is 67.9 cm³/mol. The van der Waals surface area contributed by atoms with Crippen LogP contribution >= 0.6 is 22.6 Å². The van der Waals surface area contributed by atoms with Gasteiger partial charge in [-0.05, 0) is 40.8 Å². The Labute approximate surface area is 103 Å². The number of hydrogen-bond donors (Lipinski definition) is 2. The molecule has 80 valence electrons. The number of carbonyl (C=O) groups excluding carboxylic acids is 1. The van der Waals surface area contributed by atoms with Crippen LogP contribution in [-0.4, -0.2) is 25.5 Å². The summed E-state index contributed by atoms with van der Waals surface area (Å²) in [5.74, 6) is 0.636. The molecule has 2 rings (SSSR count). The second-order valence-electron chi connectivity index (χ2n) is 3.74. The van der Waals surface area contributed by atoms with Gasteiger partial charge in [0.05, 0.1) is 0 Å². The van der Waals surface area contributed by atoms with Crippen molar-refractivity contribution in [3.05, 3.63) is 33.4 Å². The van der Waals surface area contributed by atoms with Crippen LogP contribution in [-0.2, 0) is 0 Å². The van der Waals surface area contributed by atoms with E-state index in [2.05, 4.69) is 33.2 Å². The Hall–Kier alpha value is -0.620. The number of benzene rings is 1. The molecule has 0 spiro atoms. The van der Waals surface area contributed by atoms with E-state index in [-0.39, 0.29) is 5.91 Å². The summed E-state index contributed by atoms with van der Waals surface area (Å²) in [7, 11) is 0. The van der Waals surface area contributed by atoms with Crippen LogP contribution in [0.15, 0.2) is 24.3 Å². The van der Waals surface area contributed by atoms with Crippen LogP contribution in [0.4, 0.5) is 0 Å². The third-order valence-corrected chi connectivity index (χ3v) is 3.18. The molecule has 15 heavy (non-hydrogen) atoms. The highest BCUT2D eigenvalue weighted by molar-refractivity contribution is 14.1. The predicted octanol–water partition coefficient (Wildman–Crippen LogP) is 1.24. The molecule has 0 bridgehead atoms. The van der Waals surface area contributed by atoms with Crippen molar-refractivity contribution >= 4 is 28.5 Å². The highest BCUT2D eigenvalue weighted by atomic mass is 127. The van der Waals surface area contributed by atoms with Crippen LogP contribution in [0.1, 0.15) is 10.4 Å². The van der Waals surface area contributed by atoms with E-state index < -0.39 is 0 Å². The van der Waals surface area contributed by atoms with Crippen molar-refractivity contribution in [2.75, 3.05) is 19.6 Å². The van der Waals surface area contributed by atoms with E-state index in [0.29, 0.717) is 5.92 Å². The average molecular weight is 316 g/mol. The van der Waals surface area contributed by atoms with Crippen LogP contribution in [0.3, 0.4) is 0 Å². The van der Waals surface area contributed by atoms with Crippen LogP contribution in [0.2, 0.25) is 0 Å². The first kappa shape index (κ1) is 10.9. The van der Waals surface area contributed by atoms with Gasteiger partial charge in [0.1, 0.15) is 0 Å². The molecule has 1 aromatic carbocycles. The lowest BCUT2D eigenvalue weighted by Crippen LogP contribution is -2.48. The molecule has 4 heteroatoms. The van der Waals surface area contributed by atoms with Gasteiger partial charge in [-0.15, -0.1) is 0 Å². The van der Waals surface area contributed by atoms with E-state index in [1.807, 2.05) is 24.3 Å². The summed E-state index contributed by atoms with van der Waals surface area (Å²) in [5, 5.41) is 6.13. The lowest BCUT2D eigenvalue weighted by atomic mass is 10.0. The van der Waals surface area contributed by atoms with Crippen LogP contribution < -0.4 is 10.6 Å². The fourth-order valence-electron chi connectivity index (χ4n) is 1.46. The van der Waals surface area contributed by atoms with Gasteiger partial charge in [-0.1, -0.05) is 6.07 Å². The third-order valence-electron chi connectivity index (χ3n) is 2.50. The Bertz CT molecular complexity index is 363. The zero-order chi connectivity index (χ0) is 10.7. The Morgan fingerprint density at radius 1 is 1.53 bits per heavy atom. The fourth-order valence-corrected chi connectivity index (χ4v) is 2.00. The van der Waals surface area contributed by atoms with Gasteiger partial charge in [-0.2, -0.15) is 0 Å². The molecule has 1 heterocycles. The van der Waals surface area contributed by atoms with Crippen molar-refractivity contribution in [3.8, 4) is 0 Å². The van der Waals surface area contributed by atoms with E-state index in [1.54, 1.807) is 0 Å². The number of halogens is 1. The molecule has 1 aliphatic heterocycles. The number of amides is 1. The molecule has 0 aliphatic carbocycles. The Morgan fingerprint density at radius 2 is 2.33 bits per heavy atom. The number of rotatable bonds is 3. The van der Waals surface area contributed by atoms with Gasteiger partial charge in [0.15, 0.2) is 0 Å². The van der Waals surface area contributed by atoms with Crippen LogP contribution in [0.5, 0.6) is 0 Å². The zero-order valence-electron chi connectivity index (χ0n) is 8.29. The van der Waals surface area contributed by atoms with Crippen molar-refractivity contribution < 1.29 is 4.79 Å². The molecule has 0 radical (unpaired) electrons. The van der Waals surface area contributed by atoms with Crippen molar-refractivity contribution in [1.29, 1.82) is 0 Å². The molecule has 1 saturated heterocycles. The summed E-state index contributed by atoms with van der Waals surface area (Å²) in [5.41, 5.74) is 0.745. The smallest absolute Gasteiger partial charge is 0.251 e. The summed E-state index contributed by atoms with van der Waals surface area (Å²) >= 11 is 2.21. The average Bonchev–Trinajstić information content (AvgIpc) is 2.15. The summed E-state index contributed by atoms with van der Waals surface area (Å²) in [6.07, 6.45) is 0. The second kappa shape index (κ2) is 4.94. The largest absolute Gasteiger partial charge is 0.352 e. The minimum absolute atomic E-state index is 0.0282. The maximum absolute atomic E-state index is 11.7. The Balaban J connectivity index is 1.89. The lowest BCUT2D eigenvalue weighted by molar-refractivity contribution is 0.0942. The minimum Gasteiger partial charge on any atom is -0.352 e. The lowest BCUT2D eigenvalue weighted by Gasteiger charge is -2.27. The molecule has 0 saturated carbocycles. The molecule has 2 N–H and O–H groups in total. The number of carbonyl (C=O) groups is 1. The molecule has 3 nitrogen and oxygen atoms in total. The number of hydrogen-bond acceptors (Lipinski definition) is 2. The van der Waals surface area contributed by atoms with Gasteiger partial charge in [0.25, 0.3) is 5.91 Å². The molecule has 1 fully saturated rings. The van der Waals surface area contributed by atoms with E-state index in [1.165, 1.54) is 0 Å². The number of nitrogens with one attached hydrogen (secondary N) is 2. The fraction of sp³-hybridized carbons (Fsp3) is 0.364. The van der Waals surface area contributed by atoms with Crippen LogP contribution in [0, 0.1) is 9.49 Å². The van der Waals surface area contributed by atoms with Crippen LogP contribution in [0.25, 0.3) is 0 Å². The van der Waals surface area contributed by atoms with E-state index >= 15 is 0 Å². The molecule has 1 aliphatic rings. The van der Waals surface area contributed by atoms with E-state index in [9.17, 15) is 4.79 Å². The van der Waals surface area contributed by atoms with Crippen molar-refractivity contribution in [2.45, 2.75) is 0 Å². The quantitative estimate of drug-likeness (QED) is 0.824. The Morgan fingerprint density at radius 3 is 2.93 bits per heavy atom. The standard InChI is InChI=1S/C11H13IN2O/c12-10-3-1-2-9(4-10)11(15)14-7-8-5-13-6-8/h1-4,8,13H,5-7H2,(H,14,15). The monoisotopic (exact) mass is 316 g/mol. The van der Waals surface area contributed by atoms with Gasteiger partial charge >= 0.3 is 0 Å². The first-order valence-corrected chi connectivity index (χ1v) is 6.08. The van der Waals surface area contributed by atoms with Gasteiger partial charge in [-0.3, -0.25) is 4.79 Å². The van der Waals surface area contributed by atoms with E-state index in [4.69, 9.17) is 0 Å². The van der Waals surface area contributed by atoms with Gasteiger partial charge in [0, 0.05) is 34.7 Å². The first-order chi connectivity index (χ1) is 7.25. The maximum Gasteiger partial charge on any atom is 0.251 e. The summed E-state index contributed by atoms with van der Waals surface area (Å²) in [6, 6.07) is 7.63. The summed E-state index contributed by atoms with van der Waals surface area (Å²) in [4.78, 5) is 11.7. The maximum atomic E-state index is 11.7. The minimum atomic E-state index is 0.0282. The van der Waals surface area contributed by atoms with Crippen molar-refractivity contribution in [3.63, 3.8) is 0 Å². The summed E-state index contributed by atoms with van der Waals surface area (Å²) in [6.45, 7) is 2.82. The van der Waals surface area contributed by atoms with Gasteiger partial charge in [0.2, 0.25) is 0 Å². The van der Waals surface area contributed by atoms with E-state index in [0.717, 1.165) is 28.8 Å². The molecule has 1 amide bonds. The first-order valence-electron chi connectivity index (χ1n) is 5.00. The van der Waals surface area contributed by atoms with Crippen molar-refractivity contribution in [2.24, 2.45) is 5.92 Å². The molecule has 0 aromatic heterocycles. The highest BCUT2D eigenvalue weighted by Gasteiger charge is 2.17. The third kappa shape index (κ3) is 2.92. The molecule has 0 unspecified atom stereocenters. The molecular formula is C11H13IN2O. The van der Waals surface area contributed by atoms with Crippen molar-refractivity contribution in [1.82, 2.24) is 10.6 Å². The van der Waals surface area contributed by atoms with Gasteiger partial charge < -0.3 is 10.6 Å². The summed E-state index contributed by atoms with van der Waals surface area (Å²) < 4.78 is 1.09. The Kier molecular flexibility index (Phi) is 3.58. The second-order valence-corrected chi connectivity index (χ2v) is 4.99. The zero-order valence-corrected chi connectivity index (χ0v) is 10.5. The SMILES string of the molecule is O=C(NCC1CNC1)c1cccc(I)c1. The highest BCUT2D eigenvalue weighted by Crippen LogP contribution is 2.08. The normalized spacial score (nSPS) is 15.8. The van der Waals surface area contributed by atoms with Gasteiger partial charge in [-0.25, -0.2) is 0 Å². The molecule has 1 aromatic rings. The topological polar surface area (TPSA) is 41.1 Å².